The summed E-state index contributed by atoms with van der Waals surface area (Å²) in [6, 6.07) is 6.82. The van der Waals surface area contributed by atoms with Gasteiger partial charge in [0.25, 0.3) is 5.91 Å². The number of aromatic amines is 1. The lowest BCUT2D eigenvalue weighted by atomic mass is 10.2. The van der Waals surface area contributed by atoms with Crippen molar-refractivity contribution in [3.63, 3.8) is 0 Å². The Kier molecular flexibility index (Phi) is 3.41. The van der Waals surface area contributed by atoms with E-state index in [0.29, 0.717) is 16.1 Å². The van der Waals surface area contributed by atoms with Gasteiger partial charge in [-0.1, -0.05) is 0 Å². The van der Waals surface area contributed by atoms with E-state index in [9.17, 15) is 9.59 Å². The molecule has 1 amide bonds. The number of hydrogen-bond acceptors (Lipinski definition) is 5. The zero-order valence-electron chi connectivity index (χ0n) is 11.0. The van der Waals surface area contributed by atoms with Crippen LogP contribution in [-0.2, 0) is 4.74 Å². The predicted molar refractivity (Wildman–Crippen MR) is 79.7 cm³/mol. The molecule has 2 aromatic heterocycles. The molecule has 1 aromatic carbocycles. The van der Waals surface area contributed by atoms with E-state index in [1.807, 2.05) is 0 Å². The average molecular weight is 301 g/mol. The molecule has 6 nitrogen and oxygen atoms in total. The second-order valence-corrected chi connectivity index (χ2v) is 5.16. The molecule has 0 fully saturated rings. The van der Waals surface area contributed by atoms with Gasteiger partial charge in [0.05, 0.1) is 30.2 Å². The van der Waals surface area contributed by atoms with Gasteiger partial charge in [-0.15, -0.1) is 11.3 Å². The summed E-state index contributed by atoms with van der Waals surface area (Å²) in [4.78, 5) is 31.2. The van der Waals surface area contributed by atoms with Gasteiger partial charge in [0.2, 0.25) is 0 Å². The lowest BCUT2D eigenvalue weighted by Gasteiger charge is -2.05. The number of nitrogens with one attached hydrogen (secondary N) is 2. The predicted octanol–water partition coefficient (Wildman–Crippen LogP) is 2.66. The van der Waals surface area contributed by atoms with Gasteiger partial charge in [-0.25, -0.2) is 9.78 Å². The second kappa shape index (κ2) is 5.37. The number of ether oxygens (including phenoxy) is 1. The monoisotopic (exact) mass is 301 g/mol. The third kappa shape index (κ3) is 2.50. The molecule has 0 bridgehead atoms. The molecule has 0 saturated heterocycles. The van der Waals surface area contributed by atoms with Crippen molar-refractivity contribution in [3.8, 4) is 0 Å². The highest BCUT2D eigenvalue weighted by molar-refractivity contribution is 7.12. The van der Waals surface area contributed by atoms with Crippen LogP contribution in [0.5, 0.6) is 0 Å². The first-order chi connectivity index (χ1) is 10.2. The van der Waals surface area contributed by atoms with E-state index >= 15 is 0 Å². The third-order valence-electron chi connectivity index (χ3n) is 2.97. The van der Waals surface area contributed by atoms with Crippen LogP contribution in [0.3, 0.4) is 0 Å². The fourth-order valence-corrected chi connectivity index (χ4v) is 2.70. The quantitative estimate of drug-likeness (QED) is 0.728. The molecule has 0 radical (unpaired) electrons. The smallest absolute Gasteiger partial charge is 0.350 e. The number of nitrogens with zero attached hydrogens (tertiary/aromatic N) is 1. The number of rotatable bonds is 3. The summed E-state index contributed by atoms with van der Waals surface area (Å²) in [7, 11) is 1.31. The number of methoxy groups -OCH3 is 1. The van der Waals surface area contributed by atoms with Gasteiger partial charge in [-0.3, -0.25) is 4.79 Å². The van der Waals surface area contributed by atoms with Crippen molar-refractivity contribution in [3.05, 3.63) is 46.4 Å². The minimum Gasteiger partial charge on any atom is -0.465 e. The zero-order chi connectivity index (χ0) is 14.8. The number of aromatic nitrogens is 2. The molecule has 0 saturated carbocycles. The minimum absolute atomic E-state index is 0.296. The summed E-state index contributed by atoms with van der Waals surface area (Å²) in [5, 5.41) is 4.44. The summed E-state index contributed by atoms with van der Waals surface area (Å²) in [6.07, 6.45) is 1.57. The van der Waals surface area contributed by atoms with Crippen molar-refractivity contribution in [1.29, 1.82) is 0 Å². The Balaban J connectivity index is 1.86. The molecule has 0 unspecified atom stereocenters. The van der Waals surface area contributed by atoms with Crippen LogP contribution in [-0.4, -0.2) is 29.0 Å². The van der Waals surface area contributed by atoms with Gasteiger partial charge >= 0.3 is 5.97 Å². The van der Waals surface area contributed by atoms with E-state index in [4.69, 9.17) is 0 Å². The number of imidazole rings is 1. The highest BCUT2D eigenvalue weighted by atomic mass is 32.1. The summed E-state index contributed by atoms with van der Waals surface area (Å²) < 4.78 is 4.68. The number of fused-ring (bicyclic) bond motifs is 1. The highest BCUT2D eigenvalue weighted by Crippen LogP contribution is 2.24. The highest BCUT2D eigenvalue weighted by Gasteiger charge is 2.16. The van der Waals surface area contributed by atoms with Crippen molar-refractivity contribution in [2.75, 3.05) is 12.4 Å². The Morgan fingerprint density at radius 1 is 1.33 bits per heavy atom. The van der Waals surface area contributed by atoms with E-state index in [1.165, 1.54) is 18.4 Å². The standard InChI is InChI=1S/C14H11N3O3S/c1-20-14(19)12-10(4-5-21-12)17-13(18)8-2-3-9-11(6-8)16-7-15-9/h2-7H,1H3,(H,15,16)(H,17,18). The fraction of sp³-hybridized carbons (Fsp3) is 0.0714. The number of thiophene rings is 1. The van der Waals surface area contributed by atoms with Gasteiger partial charge in [0.1, 0.15) is 4.88 Å². The first kappa shape index (κ1) is 13.3. The molecule has 0 spiro atoms. The minimum atomic E-state index is -0.468. The Hall–Kier alpha value is -2.67. The molecule has 2 heterocycles. The van der Waals surface area contributed by atoms with Crippen LogP contribution in [0.1, 0.15) is 20.0 Å². The van der Waals surface area contributed by atoms with Gasteiger partial charge in [-0.2, -0.15) is 0 Å². The maximum atomic E-state index is 12.2. The zero-order valence-corrected chi connectivity index (χ0v) is 11.9. The average Bonchev–Trinajstić information content (AvgIpc) is 3.14. The summed E-state index contributed by atoms with van der Waals surface area (Å²) >= 11 is 1.22. The van der Waals surface area contributed by atoms with Crippen LogP contribution >= 0.6 is 11.3 Å². The molecule has 106 valence electrons. The maximum absolute atomic E-state index is 12.2. The van der Waals surface area contributed by atoms with Crippen molar-refractivity contribution in [2.24, 2.45) is 0 Å². The van der Waals surface area contributed by atoms with Gasteiger partial charge in [0.15, 0.2) is 0 Å². The van der Waals surface area contributed by atoms with E-state index in [0.717, 1.165) is 11.0 Å². The Bertz CT molecular complexity index is 822. The lowest BCUT2D eigenvalue weighted by molar-refractivity contribution is 0.0607. The normalized spacial score (nSPS) is 10.5. The molecule has 0 aliphatic rings. The molecular formula is C14H11N3O3S. The maximum Gasteiger partial charge on any atom is 0.350 e. The van der Waals surface area contributed by atoms with Crippen LogP contribution in [0.4, 0.5) is 5.69 Å². The number of esters is 1. The number of anilines is 1. The molecule has 0 aliphatic heterocycles. The van der Waals surface area contributed by atoms with E-state index in [1.54, 1.807) is 36.0 Å². The molecule has 2 N–H and O–H groups in total. The van der Waals surface area contributed by atoms with Crippen molar-refractivity contribution in [2.45, 2.75) is 0 Å². The van der Waals surface area contributed by atoms with Gasteiger partial charge < -0.3 is 15.0 Å². The lowest BCUT2D eigenvalue weighted by Crippen LogP contribution is -2.13. The van der Waals surface area contributed by atoms with Crippen molar-refractivity contribution in [1.82, 2.24) is 9.97 Å². The molecule has 21 heavy (non-hydrogen) atoms. The van der Waals surface area contributed by atoms with Crippen LogP contribution in [0.2, 0.25) is 0 Å². The number of carbonyl (C=O) groups excluding carboxylic acids is 2. The Labute approximate surface area is 123 Å². The Morgan fingerprint density at radius 2 is 2.19 bits per heavy atom. The second-order valence-electron chi connectivity index (χ2n) is 4.24. The molecule has 0 aliphatic carbocycles. The van der Waals surface area contributed by atoms with Gasteiger partial charge in [-0.05, 0) is 29.6 Å². The van der Waals surface area contributed by atoms with E-state index < -0.39 is 5.97 Å². The SMILES string of the molecule is COC(=O)c1sccc1NC(=O)c1ccc2nc[nH]c2c1. The summed E-state index contributed by atoms with van der Waals surface area (Å²) in [5.41, 5.74) is 2.49. The number of hydrogen-bond donors (Lipinski definition) is 2. The van der Waals surface area contributed by atoms with Crippen LogP contribution in [0.15, 0.2) is 36.0 Å². The topological polar surface area (TPSA) is 84.1 Å². The molecule has 0 atom stereocenters. The molecule has 7 heteroatoms. The number of benzene rings is 1. The third-order valence-corrected chi connectivity index (χ3v) is 3.86. The first-order valence-electron chi connectivity index (χ1n) is 6.09. The van der Waals surface area contributed by atoms with Gasteiger partial charge in [0, 0.05) is 5.56 Å². The van der Waals surface area contributed by atoms with Crippen LogP contribution in [0.25, 0.3) is 11.0 Å². The summed E-state index contributed by atoms with van der Waals surface area (Å²) in [5.74, 6) is -0.764. The number of amides is 1. The van der Waals surface area contributed by atoms with E-state index in [-0.39, 0.29) is 5.91 Å². The molecule has 3 aromatic rings. The Morgan fingerprint density at radius 3 is 3.00 bits per heavy atom. The number of carbonyl (C=O) groups is 2. The fourth-order valence-electron chi connectivity index (χ4n) is 1.93. The van der Waals surface area contributed by atoms with Crippen LogP contribution < -0.4 is 5.32 Å². The first-order valence-corrected chi connectivity index (χ1v) is 6.97. The molecule has 3 rings (SSSR count). The van der Waals surface area contributed by atoms with E-state index in [2.05, 4.69) is 20.0 Å². The van der Waals surface area contributed by atoms with Crippen LogP contribution in [0, 0.1) is 0 Å². The summed E-state index contributed by atoms with van der Waals surface area (Å²) in [6.45, 7) is 0. The van der Waals surface area contributed by atoms with Crippen molar-refractivity contribution < 1.29 is 14.3 Å². The number of H-pyrrole nitrogens is 1. The largest absolute Gasteiger partial charge is 0.465 e. The molecular weight excluding hydrogens is 290 g/mol. The van der Waals surface area contributed by atoms with Crippen molar-refractivity contribution >= 4 is 39.9 Å².